The minimum atomic E-state index is -1.06. The van der Waals surface area contributed by atoms with Crippen LogP contribution in [0.4, 0.5) is 0 Å². The molecule has 0 aliphatic heterocycles. The topological polar surface area (TPSA) is 72.8 Å². The number of carboxylic acid groups (broad SMARTS) is 1. The van der Waals surface area contributed by atoms with Gasteiger partial charge in [-0.3, -0.25) is 0 Å². The molecule has 0 amide bonds. The number of aliphatic carboxylic acids is 1. The van der Waals surface area contributed by atoms with Crippen LogP contribution in [0.1, 0.15) is 12.5 Å². The van der Waals surface area contributed by atoms with Crippen LogP contribution < -0.4 is 4.74 Å². The molecule has 102 valence electrons. The number of halogens is 1. The van der Waals surface area contributed by atoms with E-state index in [9.17, 15) is 9.59 Å². The van der Waals surface area contributed by atoms with Crippen molar-refractivity contribution in [3.05, 3.63) is 34.3 Å². The molecule has 6 heteroatoms. The van der Waals surface area contributed by atoms with Crippen molar-refractivity contribution in [2.75, 3.05) is 13.2 Å². The molecule has 0 unspecified atom stereocenters. The molecule has 1 aromatic carbocycles. The van der Waals surface area contributed by atoms with Crippen LogP contribution in [0.25, 0.3) is 6.08 Å². The van der Waals surface area contributed by atoms with E-state index in [1.165, 1.54) is 6.08 Å². The van der Waals surface area contributed by atoms with Crippen LogP contribution in [0.15, 0.2) is 28.7 Å². The number of ether oxygens (including phenoxy) is 2. The molecule has 0 bridgehead atoms. The van der Waals surface area contributed by atoms with Crippen LogP contribution >= 0.6 is 15.9 Å². The summed E-state index contributed by atoms with van der Waals surface area (Å²) in [7, 11) is 0. The molecule has 0 atom stereocenters. The molecule has 0 radical (unpaired) electrons. The molecule has 1 aromatic rings. The van der Waals surface area contributed by atoms with Gasteiger partial charge in [-0.1, -0.05) is 12.1 Å². The molecule has 1 rings (SSSR count). The number of hydrogen-bond acceptors (Lipinski definition) is 4. The summed E-state index contributed by atoms with van der Waals surface area (Å²) in [6.45, 7) is 1.76. The molecule has 0 fully saturated rings. The Hall–Kier alpha value is -1.82. The van der Waals surface area contributed by atoms with Gasteiger partial charge in [0.05, 0.1) is 11.1 Å². The van der Waals surface area contributed by atoms with Gasteiger partial charge in [-0.2, -0.15) is 0 Å². The molecule has 0 aromatic heterocycles. The van der Waals surface area contributed by atoms with Gasteiger partial charge in [0.25, 0.3) is 0 Å². The highest BCUT2D eigenvalue weighted by molar-refractivity contribution is 9.10. The smallest absolute Gasteiger partial charge is 0.344 e. The minimum Gasteiger partial charge on any atom is -0.480 e. The van der Waals surface area contributed by atoms with E-state index < -0.39 is 11.9 Å². The van der Waals surface area contributed by atoms with Crippen molar-refractivity contribution in [2.24, 2.45) is 0 Å². The molecular formula is C13H13BrO5. The van der Waals surface area contributed by atoms with Crippen molar-refractivity contribution in [2.45, 2.75) is 6.92 Å². The highest BCUT2D eigenvalue weighted by Crippen LogP contribution is 2.30. The van der Waals surface area contributed by atoms with Gasteiger partial charge >= 0.3 is 11.9 Å². The average Bonchev–Trinajstić information content (AvgIpc) is 2.35. The second-order valence-electron chi connectivity index (χ2n) is 3.42. The van der Waals surface area contributed by atoms with E-state index in [-0.39, 0.29) is 13.2 Å². The molecule has 0 saturated heterocycles. The third kappa shape index (κ3) is 5.13. The predicted octanol–water partition coefficient (Wildman–Crippen LogP) is 2.49. The second-order valence-corrected chi connectivity index (χ2v) is 4.28. The fraction of sp³-hybridized carbons (Fsp3) is 0.231. The number of hydrogen-bond donors (Lipinski definition) is 1. The summed E-state index contributed by atoms with van der Waals surface area (Å²) in [6.07, 6.45) is 2.40. The predicted molar refractivity (Wildman–Crippen MR) is 72.9 cm³/mol. The summed E-state index contributed by atoms with van der Waals surface area (Å²) in [6, 6.07) is 5.16. The Bertz CT molecular complexity index is 496. The average molecular weight is 329 g/mol. The SMILES string of the molecule is CCOC(=O)COc1c(Br)cccc1/C=C/C(=O)O. The lowest BCUT2D eigenvalue weighted by Gasteiger charge is -2.10. The van der Waals surface area contributed by atoms with Crippen molar-refractivity contribution in [3.8, 4) is 5.75 Å². The van der Waals surface area contributed by atoms with E-state index in [1.807, 2.05) is 0 Å². The minimum absolute atomic E-state index is 0.232. The van der Waals surface area contributed by atoms with Crippen LogP contribution in [0.3, 0.4) is 0 Å². The van der Waals surface area contributed by atoms with Gasteiger partial charge in [-0.25, -0.2) is 9.59 Å². The number of carboxylic acids is 1. The van der Waals surface area contributed by atoms with Gasteiger partial charge in [0.1, 0.15) is 5.75 Å². The third-order valence-corrected chi connectivity index (χ3v) is 2.67. The first-order chi connectivity index (χ1) is 9.04. The highest BCUT2D eigenvalue weighted by Gasteiger charge is 2.09. The Morgan fingerprint density at radius 1 is 1.42 bits per heavy atom. The normalized spacial score (nSPS) is 10.4. The Morgan fingerprint density at radius 3 is 2.79 bits per heavy atom. The van der Waals surface area contributed by atoms with E-state index in [0.29, 0.717) is 15.8 Å². The molecule has 1 N–H and O–H groups in total. The Morgan fingerprint density at radius 2 is 2.16 bits per heavy atom. The molecule has 0 heterocycles. The Labute approximate surface area is 119 Å². The fourth-order valence-electron chi connectivity index (χ4n) is 1.30. The Kier molecular flexibility index (Phi) is 6.08. The summed E-state index contributed by atoms with van der Waals surface area (Å²) < 4.78 is 10.7. The van der Waals surface area contributed by atoms with Crippen molar-refractivity contribution in [1.82, 2.24) is 0 Å². The quantitative estimate of drug-likeness (QED) is 0.641. The van der Waals surface area contributed by atoms with Gasteiger partial charge in [-0.15, -0.1) is 0 Å². The molecule has 5 nitrogen and oxygen atoms in total. The summed E-state index contributed by atoms with van der Waals surface area (Å²) >= 11 is 3.28. The van der Waals surface area contributed by atoms with Gasteiger partial charge < -0.3 is 14.6 Å². The van der Waals surface area contributed by atoms with Crippen molar-refractivity contribution in [3.63, 3.8) is 0 Å². The maximum atomic E-state index is 11.2. The van der Waals surface area contributed by atoms with Crippen molar-refractivity contribution >= 4 is 33.9 Å². The third-order valence-electron chi connectivity index (χ3n) is 2.04. The summed E-state index contributed by atoms with van der Waals surface area (Å²) in [4.78, 5) is 21.7. The number of carbonyl (C=O) groups is 2. The van der Waals surface area contributed by atoms with Crippen LogP contribution in [0.5, 0.6) is 5.75 Å². The van der Waals surface area contributed by atoms with Crippen LogP contribution in [-0.2, 0) is 14.3 Å². The zero-order chi connectivity index (χ0) is 14.3. The maximum Gasteiger partial charge on any atom is 0.344 e. The van der Waals surface area contributed by atoms with E-state index in [0.717, 1.165) is 6.08 Å². The van der Waals surface area contributed by atoms with E-state index in [1.54, 1.807) is 25.1 Å². The number of rotatable bonds is 6. The van der Waals surface area contributed by atoms with Crippen LogP contribution in [0, 0.1) is 0 Å². The summed E-state index contributed by atoms with van der Waals surface area (Å²) in [5.41, 5.74) is 0.557. The zero-order valence-electron chi connectivity index (χ0n) is 10.3. The lowest BCUT2D eigenvalue weighted by molar-refractivity contribution is -0.145. The monoisotopic (exact) mass is 328 g/mol. The van der Waals surface area contributed by atoms with Crippen molar-refractivity contribution < 1.29 is 24.2 Å². The molecule has 0 saturated carbocycles. The largest absolute Gasteiger partial charge is 0.480 e. The van der Waals surface area contributed by atoms with Crippen molar-refractivity contribution in [1.29, 1.82) is 0 Å². The van der Waals surface area contributed by atoms with Gasteiger partial charge in [-0.05, 0) is 35.0 Å². The lowest BCUT2D eigenvalue weighted by Crippen LogP contribution is -2.15. The van der Waals surface area contributed by atoms with Crippen LogP contribution in [-0.4, -0.2) is 30.3 Å². The molecule has 0 spiro atoms. The van der Waals surface area contributed by atoms with Crippen LogP contribution in [0.2, 0.25) is 0 Å². The fourth-order valence-corrected chi connectivity index (χ4v) is 1.80. The number of para-hydroxylation sites is 1. The Balaban J connectivity index is 2.86. The maximum absolute atomic E-state index is 11.2. The lowest BCUT2D eigenvalue weighted by atomic mass is 10.2. The molecule has 0 aliphatic carbocycles. The number of carbonyl (C=O) groups excluding carboxylic acids is 1. The first-order valence-electron chi connectivity index (χ1n) is 5.52. The van der Waals surface area contributed by atoms with E-state index >= 15 is 0 Å². The van der Waals surface area contributed by atoms with Gasteiger partial charge in [0, 0.05) is 11.6 Å². The number of benzene rings is 1. The van der Waals surface area contributed by atoms with E-state index in [2.05, 4.69) is 15.9 Å². The summed E-state index contributed by atoms with van der Waals surface area (Å²) in [5.74, 6) is -1.14. The van der Waals surface area contributed by atoms with Gasteiger partial charge in [0.15, 0.2) is 6.61 Å². The standard InChI is InChI=1S/C13H13BrO5/c1-2-18-12(17)8-19-13-9(6-7-11(15)16)4-3-5-10(13)14/h3-7H,2,8H2,1H3,(H,15,16)/b7-6+. The highest BCUT2D eigenvalue weighted by atomic mass is 79.9. The second kappa shape index (κ2) is 7.58. The first-order valence-corrected chi connectivity index (χ1v) is 6.31. The zero-order valence-corrected chi connectivity index (χ0v) is 11.8. The van der Waals surface area contributed by atoms with Gasteiger partial charge in [0.2, 0.25) is 0 Å². The first kappa shape index (κ1) is 15.2. The summed E-state index contributed by atoms with van der Waals surface area (Å²) in [5, 5.41) is 8.61. The molecule has 19 heavy (non-hydrogen) atoms. The molecule has 0 aliphatic rings. The van der Waals surface area contributed by atoms with E-state index in [4.69, 9.17) is 14.6 Å². The number of esters is 1. The molecular weight excluding hydrogens is 316 g/mol.